The fourth-order valence-electron chi connectivity index (χ4n) is 2.56. The standard InChI is InChI=1S/C18H23N3O6/c1-12(17(24)19-13-7-4-5-8-14(13)26-3)27-16(23)9-6-10-21-15(22)11-20(2)18(21)25/h4-5,7-8,12H,6,9-11H2,1-3H3,(H,19,24)/t12-/m1/s1. The molecule has 1 fully saturated rings. The first-order valence-electron chi connectivity index (χ1n) is 8.52. The van der Waals surface area contributed by atoms with Crippen molar-refractivity contribution in [3.8, 4) is 5.75 Å². The van der Waals surface area contributed by atoms with Crippen LogP contribution in [0.1, 0.15) is 19.8 Å². The largest absolute Gasteiger partial charge is 0.495 e. The number of para-hydroxylation sites is 2. The lowest BCUT2D eigenvalue weighted by Crippen LogP contribution is -2.33. The van der Waals surface area contributed by atoms with Crippen LogP contribution < -0.4 is 10.1 Å². The van der Waals surface area contributed by atoms with Crippen molar-refractivity contribution in [1.29, 1.82) is 0 Å². The number of methoxy groups -OCH3 is 1. The van der Waals surface area contributed by atoms with Gasteiger partial charge in [0.15, 0.2) is 6.10 Å². The van der Waals surface area contributed by atoms with Gasteiger partial charge in [0.1, 0.15) is 12.3 Å². The summed E-state index contributed by atoms with van der Waals surface area (Å²) in [7, 11) is 3.03. The summed E-state index contributed by atoms with van der Waals surface area (Å²) in [4.78, 5) is 49.9. The number of likely N-dealkylation sites (N-methyl/N-ethyl adjacent to an activating group) is 1. The number of benzene rings is 1. The zero-order valence-corrected chi connectivity index (χ0v) is 15.6. The quantitative estimate of drug-likeness (QED) is 0.540. The number of amides is 4. The molecule has 4 amide bonds. The number of hydrogen-bond acceptors (Lipinski definition) is 6. The van der Waals surface area contributed by atoms with Gasteiger partial charge < -0.3 is 19.7 Å². The summed E-state index contributed by atoms with van der Waals surface area (Å²) in [5.41, 5.74) is 0.475. The Hall–Kier alpha value is -3.10. The average molecular weight is 377 g/mol. The molecule has 0 spiro atoms. The van der Waals surface area contributed by atoms with Gasteiger partial charge >= 0.3 is 12.0 Å². The van der Waals surface area contributed by atoms with Gasteiger partial charge in [-0.05, 0) is 25.5 Å². The van der Waals surface area contributed by atoms with Gasteiger partial charge in [0, 0.05) is 20.0 Å². The van der Waals surface area contributed by atoms with Crippen LogP contribution in [0.2, 0.25) is 0 Å². The number of esters is 1. The molecule has 27 heavy (non-hydrogen) atoms. The van der Waals surface area contributed by atoms with Crippen molar-refractivity contribution >= 4 is 29.5 Å². The molecule has 1 aliphatic rings. The van der Waals surface area contributed by atoms with Crippen molar-refractivity contribution in [1.82, 2.24) is 9.80 Å². The second kappa shape index (κ2) is 9.02. The van der Waals surface area contributed by atoms with E-state index in [1.54, 1.807) is 24.3 Å². The monoisotopic (exact) mass is 377 g/mol. The summed E-state index contributed by atoms with van der Waals surface area (Å²) in [6.45, 7) is 1.65. The van der Waals surface area contributed by atoms with E-state index < -0.39 is 18.0 Å². The van der Waals surface area contributed by atoms with E-state index >= 15 is 0 Å². The predicted molar refractivity (Wildman–Crippen MR) is 96.2 cm³/mol. The lowest BCUT2D eigenvalue weighted by atomic mass is 10.2. The Bertz CT molecular complexity index is 736. The van der Waals surface area contributed by atoms with Crippen LogP contribution in [0.25, 0.3) is 0 Å². The number of carbonyl (C=O) groups is 4. The van der Waals surface area contributed by atoms with E-state index in [0.29, 0.717) is 11.4 Å². The van der Waals surface area contributed by atoms with Crippen LogP contribution in [-0.4, -0.2) is 67.0 Å². The lowest BCUT2D eigenvalue weighted by molar-refractivity contribution is -0.153. The van der Waals surface area contributed by atoms with E-state index in [-0.39, 0.29) is 37.9 Å². The number of urea groups is 1. The van der Waals surface area contributed by atoms with Crippen LogP contribution in [0.5, 0.6) is 5.75 Å². The smallest absolute Gasteiger partial charge is 0.326 e. The normalized spacial score (nSPS) is 14.9. The molecule has 0 unspecified atom stereocenters. The van der Waals surface area contributed by atoms with E-state index in [1.807, 2.05) is 0 Å². The van der Waals surface area contributed by atoms with Crippen molar-refractivity contribution in [3.05, 3.63) is 24.3 Å². The zero-order valence-electron chi connectivity index (χ0n) is 15.6. The molecule has 1 N–H and O–H groups in total. The maximum atomic E-state index is 12.2. The SMILES string of the molecule is COc1ccccc1NC(=O)[C@@H](C)OC(=O)CCCN1C(=O)CN(C)C1=O. The lowest BCUT2D eigenvalue weighted by Gasteiger charge is -2.16. The van der Waals surface area contributed by atoms with Crippen molar-refractivity contribution in [2.75, 3.05) is 32.6 Å². The fraction of sp³-hybridized carbons (Fsp3) is 0.444. The van der Waals surface area contributed by atoms with Crippen molar-refractivity contribution < 1.29 is 28.7 Å². The average Bonchev–Trinajstić information content (AvgIpc) is 2.88. The zero-order chi connectivity index (χ0) is 20.0. The molecule has 0 bridgehead atoms. The van der Waals surface area contributed by atoms with Gasteiger partial charge in [0.2, 0.25) is 5.91 Å². The highest BCUT2D eigenvalue weighted by Crippen LogP contribution is 2.23. The Morgan fingerprint density at radius 2 is 1.96 bits per heavy atom. The number of anilines is 1. The van der Waals surface area contributed by atoms with Gasteiger partial charge in [-0.25, -0.2) is 4.79 Å². The van der Waals surface area contributed by atoms with E-state index in [2.05, 4.69) is 5.32 Å². The molecule has 146 valence electrons. The molecule has 0 aromatic heterocycles. The van der Waals surface area contributed by atoms with Gasteiger partial charge in [0.05, 0.1) is 12.8 Å². The minimum absolute atomic E-state index is 0.00689. The number of rotatable bonds is 8. The van der Waals surface area contributed by atoms with Gasteiger partial charge in [-0.15, -0.1) is 0 Å². The molecule has 0 radical (unpaired) electrons. The number of imide groups is 1. The van der Waals surface area contributed by atoms with Gasteiger partial charge in [-0.1, -0.05) is 12.1 Å². The van der Waals surface area contributed by atoms with Gasteiger partial charge in [-0.2, -0.15) is 0 Å². The number of hydrogen-bond donors (Lipinski definition) is 1. The second-order valence-corrected chi connectivity index (χ2v) is 6.11. The minimum atomic E-state index is -0.997. The molecule has 1 heterocycles. The first-order chi connectivity index (χ1) is 12.8. The highest BCUT2D eigenvalue weighted by Gasteiger charge is 2.33. The summed E-state index contributed by atoms with van der Waals surface area (Å²) in [5.74, 6) is -0.862. The number of nitrogens with one attached hydrogen (secondary N) is 1. The van der Waals surface area contributed by atoms with Crippen molar-refractivity contribution in [3.63, 3.8) is 0 Å². The van der Waals surface area contributed by atoms with E-state index in [1.165, 1.54) is 26.0 Å². The Labute approximate surface area is 157 Å². The number of carbonyl (C=O) groups excluding carboxylic acids is 4. The van der Waals surface area contributed by atoms with Crippen LogP contribution >= 0.6 is 0 Å². The molecule has 1 aromatic carbocycles. The first kappa shape index (κ1) is 20.2. The molecule has 0 aliphatic carbocycles. The van der Waals surface area contributed by atoms with Crippen LogP contribution in [-0.2, 0) is 19.1 Å². The third kappa shape index (κ3) is 5.19. The Morgan fingerprint density at radius 3 is 2.59 bits per heavy atom. The van der Waals surface area contributed by atoms with Crippen LogP contribution in [0, 0.1) is 0 Å². The van der Waals surface area contributed by atoms with Crippen LogP contribution in [0.15, 0.2) is 24.3 Å². The highest BCUT2D eigenvalue weighted by atomic mass is 16.5. The Balaban J connectivity index is 1.77. The fourth-order valence-corrected chi connectivity index (χ4v) is 2.56. The Morgan fingerprint density at radius 1 is 1.26 bits per heavy atom. The first-order valence-corrected chi connectivity index (χ1v) is 8.52. The van der Waals surface area contributed by atoms with Gasteiger partial charge in [-0.3, -0.25) is 19.3 Å². The molecule has 0 saturated carbocycles. The van der Waals surface area contributed by atoms with E-state index in [4.69, 9.17) is 9.47 Å². The third-order valence-electron chi connectivity index (χ3n) is 4.04. The molecule has 1 aromatic rings. The Kier molecular flexibility index (Phi) is 6.75. The molecule has 9 nitrogen and oxygen atoms in total. The molecule has 1 atom stereocenters. The van der Waals surface area contributed by atoms with Crippen molar-refractivity contribution in [2.45, 2.75) is 25.9 Å². The predicted octanol–water partition coefficient (Wildman–Crippen LogP) is 1.24. The van der Waals surface area contributed by atoms with Crippen LogP contribution in [0.4, 0.5) is 10.5 Å². The summed E-state index contributed by atoms with van der Waals surface area (Å²) < 4.78 is 10.3. The van der Waals surface area contributed by atoms with Crippen molar-refractivity contribution in [2.24, 2.45) is 0 Å². The summed E-state index contributed by atoms with van der Waals surface area (Å²) in [5, 5.41) is 2.64. The van der Waals surface area contributed by atoms with Crippen LogP contribution in [0.3, 0.4) is 0 Å². The molecule has 1 saturated heterocycles. The van der Waals surface area contributed by atoms with Gasteiger partial charge in [0.25, 0.3) is 5.91 Å². The third-order valence-corrected chi connectivity index (χ3v) is 4.04. The number of nitrogens with zero attached hydrogens (tertiary/aromatic N) is 2. The minimum Gasteiger partial charge on any atom is -0.495 e. The maximum absolute atomic E-state index is 12.2. The molecule has 1 aliphatic heterocycles. The second-order valence-electron chi connectivity index (χ2n) is 6.11. The number of ether oxygens (including phenoxy) is 2. The maximum Gasteiger partial charge on any atom is 0.326 e. The summed E-state index contributed by atoms with van der Waals surface area (Å²) >= 11 is 0. The summed E-state index contributed by atoms with van der Waals surface area (Å²) in [6, 6.07) is 6.51. The molecule has 9 heteroatoms. The molecular formula is C18H23N3O6. The molecule has 2 rings (SSSR count). The summed E-state index contributed by atoms with van der Waals surface area (Å²) in [6.07, 6.45) is -0.735. The van der Waals surface area contributed by atoms with E-state index in [9.17, 15) is 19.2 Å². The molecular weight excluding hydrogens is 354 g/mol. The topological polar surface area (TPSA) is 105 Å². The highest BCUT2D eigenvalue weighted by molar-refractivity contribution is 6.01. The van der Waals surface area contributed by atoms with E-state index in [0.717, 1.165) is 4.90 Å².